The zero-order chi connectivity index (χ0) is 24.1. The van der Waals surface area contributed by atoms with E-state index in [1.54, 1.807) is 7.05 Å². The third kappa shape index (κ3) is 10.8. The van der Waals surface area contributed by atoms with Crippen LogP contribution in [0, 0.1) is 0 Å². The molecule has 5 nitrogen and oxygen atoms in total. The average Bonchev–Trinajstić information content (AvgIpc) is 2.78. The number of rotatable bonds is 15. The predicted octanol–water partition coefficient (Wildman–Crippen LogP) is 4.83. The van der Waals surface area contributed by atoms with Crippen LogP contribution in [0.25, 0.3) is 10.8 Å². The lowest BCUT2D eigenvalue weighted by Crippen LogP contribution is -2.47. The largest absolute Gasteiger partial charge is 0.357 e. The molecule has 0 fully saturated rings. The van der Waals surface area contributed by atoms with Gasteiger partial charge in [0.1, 0.15) is 6.04 Å². The number of quaternary nitrogens is 1. The number of amides is 2. The van der Waals surface area contributed by atoms with Crippen LogP contribution in [0.15, 0.2) is 42.5 Å². The van der Waals surface area contributed by atoms with Gasteiger partial charge < -0.3 is 15.1 Å². The number of likely N-dealkylation sites (N-methyl/N-ethyl adjacent to an activating group) is 1. The third-order valence-corrected chi connectivity index (χ3v) is 6.13. The number of nitrogens with zero attached hydrogens (tertiary/aromatic N) is 1. The van der Waals surface area contributed by atoms with Crippen molar-refractivity contribution < 1.29 is 14.1 Å². The number of hydrogen-bond donors (Lipinski definition) is 2. The minimum atomic E-state index is -0.546. The Morgan fingerprint density at radius 1 is 0.818 bits per heavy atom. The van der Waals surface area contributed by atoms with Crippen molar-refractivity contribution in [1.82, 2.24) is 10.6 Å². The van der Waals surface area contributed by atoms with Crippen molar-refractivity contribution >= 4 is 22.6 Å². The van der Waals surface area contributed by atoms with Crippen molar-refractivity contribution in [3.05, 3.63) is 48.0 Å². The maximum Gasteiger partial charge on any atom is 0.242 e. The van der Waals surface area contributed by atoms with Crippen LogP contribution in [0.2, 0.25) is 0 Å². The molecule has 0 spiro atoms. The maximum atomic E-state index is 12.5. The van der Waals surface area contributed by atoms with E-state index in [1.807, 2.05) is 18.2 Å². The van der Waals surface area contributed by atoms with E-state index in [4.69, 9.17) is 0 Å². The van der Waals surface area contributed by atoms with Crippen LogP contribution in [0.4, 0.5) is 0 Å². The van der Waals surface area contributed by atoms with Gasteiger partial charge in [-0.15, -0.1) is 0 Å². The van der Waals surface area contributed by atoms with E-state index in [2.05, 4.69) is 56.0 Å². The molecule has 0 aromatic heterocycles. The topological polar surface area (TPSA) is 58.2 Å². The highest BCUT2D eigenvalue weighted by Crippen LogP contribution is 2.17. The molecule has 0 saturated heterocycles. The number of hydrogen-bond acceptors (Lipinski definition) is 2. The van der Waals surface area contributed by atoms with Gasteiger partial charge in [-0.25, -0.2) is 0 Å². The predicted molar refractivity (Wildman–Crippen MR) is 138 cm³/mol. The van der Waals surface area contributed by atoms with Crippen molar-refractivity contribution in [1.29, 1.82) is 0 Å². The lowest BCUT2D eigenvalue weighted by Gasteiger charge is -2.23. The SMILES string of the molecule is CNC(=O)[C@@H](Cc1ccc2ccccc2c1)NC(=O)CCCCCCCCCC[N+](C)(C)C. The van der Waals surface area contributed by atoms with Crippen LogP contribution in [-0.4, -0.2) is 57.1 Å². The summed E-state index contributed by atoms with van der Waals surface area (Å²) in [5, 5.41) is 7.95. The molecule has 2 rings (SSSR count). The Morgan fingerprint density at radius 2 is 1.42 bits per heavy atom. The van der Waals surface area contributed by atoms with Crippen LogP contribution in [0.3, 0.4) is 0 Å². The summed E-state index contributed by atoms with van der Waals surface area (Å²) in [6.07, 6.45) is 10.6. The summed E-state index contributed by atoms with van der Waals surface area (Å²) in [4.78, 5) is 24.8. The van der Waals surface area contributed by atoms with E-state index in [0.717, 1.165) is 28.3 Å². The molecule has 0 unspecified atom stereocenters. The molecular formula is C28H44N3O2+. The van der Waals surface area contributed by atoms with E-state index < -0.39 is 6.04 Å². The van der Waals surface area contributed by atoms with Crippen molar-refractivity contribution in [3.8, 4) is 0 Å². The second kappa shape index (κ2) is 14.0. The number of carbonyl (C=O) groups excluding carboxylic acids is 2. The van der Waals surface area contributed by atoms with E-state index in [1.165, 1.54) is 50.5 Å². The molecule has 182 valence electrons. The second-order valence-corrected chi connectivity index (χ2v) is 10.2. The molecular weight excluding hydrogens is 410 g/mol. The molecule has 5 heteroatoms. The summed E-state index contributed by atoms with van der Waals surface area (Å²) >= 11 is 0. The first-order valence-electron chi connectivity index (χ1n) is 12.6. The Hall–Kier alpha value is -2.40. The van der Waals surface area contributed by atoms with Gasteiger partial charge in [0.05, 0.1) is 27.7 Å². The molecule has 0 aliphatic heterocycles. The first-order valence-corrected chi connectivity index (χ1v) is 12.6. The van der Waals surface area contributed by atoms with Crippen LogP contribution in [0.5, 0.6) is 0 Å². The second-order valence-electron chi connectivity index (χ2n) is 10.2. The average molecular weight is 455 g/mol. The number of fused-ring (bicyclic) bond motifs is 1. The summed E-state index contributed by atoms with van der Waals surface area (Å²) in [5.74, 6) is -0.188. The zero-order valence-electron chi connectivity index (χ0n) is 21.2. The molecule has 33 heavy (non-hydrogen) atoms. The van der Waals surface area contributed by atoms with Gasteiger partial charge in [-0.05, 0) is 35.6 Å². The molecule has 0 heterocycles. The Kier molecular flexibility index (Phi) is 11.4. The molecule has 2 aromatic carbocycles. The van der Waals surface area contributed by atoms with Gasteiger partial charge >= 0.3 is 0 Å². The number of unbranched alkanes of at least 4 members (excludes halogenated alkanes) is 7. The number of nitrogens with one attached hydrogen (secondary N) is 2. The monoisotopic (exact) mass is 454 g/mol. The normalized spacial score (nSPS) is 12.5. The summed E-state index contributed by atoms with van der Waals surface area (Å²) < 4.78 is 1.05. The first-order chi connectivity index (χ1) is 15.8. The molecule has 0 bridgehead atoms. The van der Waals surface area contributed by atoms with Crippen molar-refractivity contribution in [2.24, 2.45) is 0 Å². The Bertz CT molecular complexity index is 873. The van der Waals surface area contributed by atoms with Gasteiger partial charge in [0.2, 0.25) is 11.8 Å². The lowest BCUT2D eigenvalue weighted by molar-refractivity contribution is -0.870. The molecule has 0 aliphatic carbocycles. The van der Waals surface area contributed by atoms with Crippen LogP contribution in [-0.2, 0) is 16.0 Å². The molecule has 1 atom stereocenters. The van der Waals surface area contributed by atoms with Crippen LogP contribution >= 0.6 is 0 Å². The van der Waals surface area contributed by atoms with Gasteiger partial charge in [-0.3, -0.25) is 9.59 Å². The molecule has 0 saturated carbocycles. The Balaban J connectivity index is 1.66. The lowest BCUT2D eigenvalue weighted by atomic mass is 10.0. The zero-order valence-corrected chi connectivity index (χ0v) is 21.2. The van der Waals surface area contributed by atoms with Crippen molar-refractivity contribution in [3.63, 3.8) is 0 Å². The minimum absolute atomic E-state index is 0.0373. The van der Waals surface area contributed by atoms with Crippen LogP contribution in [0.1, 0.15) is 63.4 Å². The number of benzene rings is 2. The fourth-order valence-electron chi connectivity index (χ4n) is 4.18. The third-order valence-electron chi connectivity index (χ3n) is 6.13. The molecule has 2 amide bonds. The molecule has 0 radical (unpaired) electrons. The molecule has 2 aromatic rings. The van der Waals surface area contributed by atoms with Gasteiger partial charge in [0.25, 0.3) is 0 Å². The summed E-state index contributed by atoms with van der Waals surface area (Å²) in [7, 11) is 8.35. The molecule has 2 N–H and O–H groups in total. The Labute approximate surface area is 200 Å². The first kappa shape index (κ1) is 26.8. The van der Waals surface area contributed by atoms with E-state index in [9.17, 15) is 9.59 Å². The quantitative estimate of drug-likeness (QED) is 0.299. The van der Waals surface area contributed by atoms with Crippen LogP contribution < -0.4 is 10.6 Å². The highest BCUT2D eigenvalue weighted by atomic mass is 16.2. The fraction of sp³-hybridized carbons (Fsp3) is 0.571. The smallest absolute Gasteiger partial charge is 0.242 e. The van der Waals surface area contributed by atoms with Gasteiger partial charge in [0.15, 0.2) is 0 Å². The fourth-order valence-corrected chi connectivity index (χ4v) is 4.18. The molecule has 0 aliphatic rings. The van der Waals surface area contributed by atoms with Gasteiger partial charge in [-0.1, -0.05) is 74.6 Å². The number of carbonyl (C=O) groups is 2. The standard InChI is InChI=1S/C28H43N3O2/c1-29-28(33)26(22-23-18-19-24-15-12-13-16-25(24)21-23)30-27(32)17-11-9-7-5-6-8-10-14-20-31(2,3)4/h12-13,15-16,18-19,21,26H,5-11,14,17,20,22H2,1-4H3,(H-,29,30,32,33)/p+1/t26-/m1/s1. The van der Waals surface area contributed by atoms with Crippen molar-refractivity contribution in [2.45, 2.75) is 70.3 Å². The summed E-state index contributed by atoms with van der Waals surface area (Å²) in [6, 6.07) is 13.8. The highest BCUT2D eigenvalue weighted by molar-refractivity contribution is 5.88. The summed E-state index contributed by atoms with van der Waals surface area (Å²) in [6.45, 7) is 1.24. The van der Waals surface area contributed by atoms with Gasteiger partial charge in [-0.2, -0.15) is 0 Å². The highest BCUT2D eigenvalue weighted by Gasteiger charge is 2.20. The minimum Gasteiger partial charge on any atom is -0.357 e. The van der Waals surface area contributed by atoms with E-state index >= 15 is 0 Å². The Morgan fingerprint density at radius 3 is 2.06 bits per heavy atom. The summed E-state index contributed by atoms with van der Waals surface area (Å²) in [5.41, 5.74) is 1.05. The van der Waals surface area contributed by atoms with Gasteiger partial charge in [0, 0.05) is 19.9 Å². The maximum absolute atomic E-state index is 12.5. The van der Waals surface area contributed by atoms with Crippen molar-refractivity contribution in [2.75, 3.05) is 34.7 Å². The van der Waals surface area contributed by atoms with E-state index in [-0.39, 0.29) is 11.8 Å². The van der Waals surface area contributed by atoms with E-state index in [0.29, 0.717) is 12.8 Å².